The van der Waals surface area contributed by atoms with Gasteiger partial charge in [0.05, 0.1) is 12.2 Å². The summed E-state index contributed by atoms with van der Waals surface area (Å²) < 4.78 is 1.89. The van der Waals surface area contributed by atoms with Crippen molar-refractivity contribution >= 4 is 17.6 Å². The van der Waals surface area contributed by atoms with Gasteiger partial charge in [-0.2, -0.15) is 5.10 Å². The molecule has 1 aromatic rings. The molecule has 0 saturated carbocycles. The number of amides is 2. The molecule has 0 aliphatic carbocycles. The molecule has 1 aromatic heterocycles. The quantitative estimate of drug-likeness (QED) is 0.591. The fourth-order valence-electron chi connectivity index (χ4n) is 5.43. The number of hydrogen-bond acceptors (Lipinski definition) is 5. The summed E-state index contributed by atoms with van der Waals surface area (Å²) in [7, 11) is 0. The molecule has 8 nitrogen and oxygen atoms in total. The van der Waals surface area contributed by atoms with Crippen molar-refractivity contribution in [2.24, 2.45) is 0 Å². The maximum absolute atomic E-state index is 12.3. The molecule has 0 unspecified atom stereocenters. The van der Waals surface area contributed by atoms with E-state index in [9.17, 15) is 9.59 Å². The molecule has 0 atom stereocenters. The molecule has 0 spiro atoms. The summed E-state index contributed by atoms with van der Waals surface area (Å²) >= 11 is 0. The lowest BCUT2D eigenvalue weighted by atomic mass is 10.00. The Morgan fingerprint density at radius 3 is 2.62 bits per heavy atom. The van der Waals surface area contributed by atoms with Gasteiger partial charge in [-0.3, -0.25) is 14.5 Å². The SMILES string of the molecule is Cc1cc2n(n1)CCC(=O)N2CCCC(=O)NCCCN1CCC(N2CCCCC2)CC1. The second kappa shape index (κ2) is 11.3. The van der Waals surface area contributed by atoms with Crippen LogP contribution in [0.15, 0.2) is 6.07 Å². The van der Waals surface area contributed by atoms with Crippen molar-refractivity contribution in [1.82, 2.24) is 24.9 Å². The molecule has 2 saturated heterocycles. The van der Waals surface area contributed by atoms with Crippen LogP contribution >= 0.6 is 0 Å². The van der Waals surface area contributed by atoms with E-state index in [1.54, 1.807) is 4.90 Å². The van der Waals surface area contributed by atoms with Gasteiger partial charge in [-0.25, -0.2) is 4.68 Å². The van der Waals surface area contributed by atoms with Crippen molar-refractivity contribution in [1.29, 1.82) is 0 Å². The van der Waals surface area contributed by atoms with E-state index in [0.717, 1.165) is 37.1 Å². The van der Waals surface area contributed by atoms with Gasteiger partial charge >= 0.3 is 0 Å². The predicted molar refractivity (Wildman–Crippen MR) is 126 cm³/mol. The number of hydrogen-bond donors (Lipinski definition) is 1. The molecule has 3 aliphatic heterocycles. The summed E-state index contributed by atoms with van der Waals surface area (Å²) in [5.41, 5.74) is 0.924. The number of piperidine rings is 2. The molecule has 178 valence electrons. The lowest BCUT2D eigenvalue weighted by molar-refractivity contribution is -0.122. The Morgan fingerprint density at radius 1 is 1.06 bits per heavy atom. The van der Waals surface area contributed by atoms with Crippen molar-refractivity contribution in [3.8, 4) is 0 Å². The zero-order chi connectivity index (χ0) is 22.3. The third-order valence-corrected chi connectivity index (χ3v) is 7.22. The lowest BCUT2D eigenvalue weighted by Gasteiger charge is -2.40. The van der Waals surface area contributed by atoms with Crippen LogP contribution in [0.3, 0.4) is 0 Å². The van der Waals surface area contributed by atoms with E-state index in [1.807, 2.05) is 17.7 Å². The smallest absolute Gasteiger partial charge is 0.229 e. The van der Waals surface area contributed by atoms with Gasteiger partial charge in [0, 0.05) is 38.0 Å². The first kappa shape index (κ1) is 23.2. The number of likely N-dealkylation sites (tertiary alicyclic amines) is 2. The molecule has 4 heterocycles. The minimum atomic E-state index is 0.0861. The number of rotatable bonds is 9. The monoisotopic (exact) mass is 444 g/mol. The molecule has 4 rings (SSSR count). The van der Waals surface area contributed by atoms with Crippen LogP contribution in [-0.2, 0) is 16.1 Å². The summed E-state index contributed by atoms with van der Waals surface area (Å²) in [4.78, 5) is 31.6. The highest BCUT2D eigenvalue weighted by Gasteiger charge is 2.26. The van der Waals surface area contributed by atoms with E-state index >= 15 is 0 Å². The summed E-state index contributed by atoms with van der Waals surface area (Å²) in [5.74, 6) is 1.08. The summed E-state index contributed by atoms with van der Waals surface area (Å²) in [6.45, 7) is 9.94. The van der Waals surface area contributed by atoms with Gasteiger partial charge in [0.25, 0.3) is 0 Å². The third kappa shape index (κ3) is 6.10. The highest BCUT2D eigenvalue weighted by molar-refractivity contribution is 5.93. The Bertz CT molecular complexity index is 765. The number of fused-ring (bicyclic) bond motifs is 1. The average Bonchev–Trinajstić information content (AvgIpc) is 3.20. The van der Waals surface area contributed by atoms with Gasteiger partial charge in [-0.1, -0.05) is 6.42 Å². The Balaban J connectivity index is 1.07. The first-order valence-corrected chi connectivity index (χ1v) is 12.7. The molecular weight excluding hydrogens is 404 g/mol. The van der Waals surface area contributed by atoms with Crippen molar-refractivity contribution in [3.63, 3.8) is 0 Å². The summed E-state index contributed by atoms with van der Waals surface area (Å²) in [6, 6.07) is 2.74. The fourth-order valence-corrected chi connectivity index (χ4v) is 5.43. The van der Waals surface area contributed by atoms with Crippen LogP contribution in [0.4, 0.5) is 5.82 Å². The van der Waals surface area contributed by atoms with Crippen LogP contribution in [0.2, 0.25) is 0 Å². The summed E-state index contributed by atoms with van der Waals surface area (Å²) in [5, 5.41) is 7.49. The van der Waals surface area contributed by atoms with Crippen LogP contribution in [0, 0.1) is 6.92 Å². The topological polar surface area (TPSA) is 73.7 Å². The maximum Gasteiger partial charge on any atom is 0.229 e. The van der Waals surface area contributed by atoms with Gasteiger partial charge < -0.3 is 15.1 Å². The van der Waals surface area contributed by atoms with Gasteiger partial charge in [0.2, 0.25) is 11.8 Å². The molecule has 8 heteroatoms. The normalized spacial score (nSPS) is 21.0. The van der Waals surface area contributed by atoms with Gasteiger partial charge in [-0.15, -0.1) is 0 Å². The average molecular weight is 445 g/mol. The fraction of sp³-hybridized carbons (Fsp3) is 0.792. The van der Waals surface area contributed by atoms with Crippen LogP contribution in [-0.4, -0.2) is 83.2 Å². The number of nitrogens with zero attached hydrogens (tertiary/aromatic N) is 5. The molecule has 1 N–H and O–H groups in total. The second-order valence-electron chi connectivity index (χ2n) is 9.64. The minimum absolute atomic E-state index is 0.0861. The Morgan fingerprint density at radius 2 is 1.84 bits per heavy atom. The summed E-state index contributed by atoms with van der Waals surface area (Å²) in [6.07, 6.45) is 9.35. The number of nitrogens with one attached hydrogen (secondary N) is 1. The number of carbonyl (C=O) groups is 2. The zero-order valence-electron chi connectivity index (χ0n) is 19.7. The van der Waals surface area contributed by atoms with Crippen LogP contribution in [0.25, 0.3) is 0 Å². The third-order valence-electron chi connectivity index (χ3n) is 7.22. The molecule has 2 amide bonds. The molecule has 0 radical (unpaired) electrons. The Hall–Kier alpha value is -1.93. The number of carbonyl (C=O) groups excluding carboxylic acids is 2. The molecule has 0 aromatic carbocycles. The molecule has 0 bridgehead atoms. The van der Waals surface area contributed by atoms with E-state index in [4.69, 9.17) is 0 Å². The number of aryl methyl sites for hydroxylation is 2. The van der Waals surface area contributed by atoms with Crippen LogP contribution in [0.5, 0.6) is 0 Å². The van der Waals surface area contributed by atoms with Gasteiger partial charge in [0.15, 0.2) is 0 Å². The largest absolute Gasteiger partial charge is 0.356 e. The first-order valence-electron chi connectivity index (χ1n) is 12.7. The molecule has 32 heavy (non-hydrogen) atoms. The molecule has 3 aliphatic rings. The maximum atomic E-state index is 12.3. The van der Waals surface area contributed by atoms with E-state index in [2.05, 4.69) is 20.2 Å². The lowest BCUT2D eigenvalue weighted by Crippen LogP contribution is -2.47. The minimum Gasteiger partial charge on any atom is -0.356 e. The zero-order valence-corrected chi connectivity index (χ0v) is 19.7. The van der Waals surface area contributed by atoms with E-state index in [1.165, 1.54) is 58.3 Å². The van der Waals surface area contributed by atoms with Crippen molar-refractivity contribution in [3.05, 3.63) is 11.8 Å². The van der Waals surface area contributed by atoms with Crippen molar-refractivity contribution in [2.75, 3.05) is 50.7 Å². The highest BCUT2D eigenvalue weighted by atomic mass is 16.2. The van der Waals surface area contributed by atoms with Crippen LogP contribution < -0.4 is 10.2 Å². The molecule has 2 fully saturated rings. The number of anilines is 1. The Labute approximate surface area is 192 Å². The predicted octanol–water partition coefficient (Wildman–Crippen LogP) is 2.17. The van der Waals surface area contributed by atoms with Crippen LogP contribution in [0.1, 0.15) is 63.5 Å². The van der Waals surface area contributed by atoms with E-state index < -0.39 is 0 Å². The highest BCUT2D eigenvalue weighted by Crippen LogP contribution is 2.23. The van der Waals surface area contributed by atoms with Gasteiger partial charge in [0.1, 0.15) is 5.82 Å². The first-order chi connectivity index (χ1) is 15.6. The molecular formula is C24H40N6O2. The van der Waals surface area contributed by atoms with E-state index in [0.29, 0.717) is 32.4 Å². The van der Waals surface area contributed by atoms with E-state index in [-0.39, 0.29) is 11.8 Å². The van der Waals surface area contributed by atoms with Crippen molar-refractivity contribution < 1.29 is 9.59 Å². The number of aromatic nitrogens is 2. The second-order valence-corrected chi connectivity index (χ2v) is 9.64. The standard InChI is InChI=1S/C24H40N6O2/c1-20-19-23-29(24(32)10-18-30(23)26-20)15-5-7-22(31)25-11-6-12-27-16-8-21(9-17-27)28-13-3-2-4-14-28/h19,21H,2-18H2,1H3,(H,25,31). The Kier molecular flexibility index (Phi) is 8.19. The van der Waals surface area contributed by atoms with Gasteiger partial charge in [-0.05, 0) is 78.2 Å². The van der Waals surface area contributed by atoms with Crippen molar-refractivity contribution in [2.45, 2.75) is 77.3 Å².